The first kappa shape index (κ1) is 18.4. The zero-order valence-electron chi connectivity index (χ0n) is 11.5. The van der Waals surface area contributed by atoms with Crippen LogP contribution < -0.4 is 15.2 Å². The summed E-state index contributed by atoms with van der Waals surface area (Å²) >= 11 is 6.40. The third-order valence-electron chi connectivity index (χ3n) is 2.67. The molecule has 0 radical (unpaired) electrons. The molecule has 0 spiro atoms. The van der Waals surface area contributed by atoms with Gasteiger partial charge in [-0.3, -0.25) is 4.79 Å². The molecule has 0 aliphatic heterocycles. The molecule has 118 valence electrons. The number of carbonyl (C=O) groups is 1. The summed E-state index contributed by atoms with van der Waals surface area (Å²) in [6.07, 6.45) is 0.822. The maximum Gasteiger partial charge on any atom is 0.258 e. The van der Waals surface area contributed by atoms with Gasteiger partial charge in [0, 0.05) is 6.04 Å². The molecule has 1 aromatic rings. The van der Waals surface area contributed by atoms with Crippen molar-refractivity contribution < 1.29 is 17.9 Å². The van der Waals surface area contributed by atoms with Gasteiger partial charge in [-0.15, -0.1) is 0 Å². The molecule has 1 unspecified atom stereocenters. The summed E-state index contributed by atoms with van der Waals surface area (Å²) < 4.78 is 28.8. The van der Waals surface area contributed by atoms with E-state index in [1.165, 1.54) is 12.1 Å². The smallest absolute Gasteiger partial charge is 0.258 e. The second-order valence-corrected chi connectivity index (χ2v) is 7.70. The van der Waals surface area contributed by atoms with Crippen LogP contribution in [0.2, 0.25) is 0 Å². The van der Waals surface area contributed by atoms with Crippen LogP contribution in [0.3, 0.4) is 0 Å². The van der Waals surface area contributed by atoms with E-state index in [0.29, 0.717) is 14.7 Å². The van der Waals surface area contributed by atoms with Crippen LogP contribution in [-0.4, -0.2) is 27.0 Å². The molecule has 1 atom stereocenters. The Morgan fingerprint density at radius 1 is 1.38 bits per heavy atom. The normalized spacial score (nSPS) is 12.8. The zero-order valence-corrected chi connectivity index (χ0v) is 15.5. The lowest BCUT2D eigenvalue weighted by Crippen LogP contribution is -2.35. The Balaban J connectivity index is 2.84. The van der Waals surface area contributed by atoms with Crippen LogP contribution in [0.1, 0.15) is 20.3 Å². The molecule has 0 aliphatic carbocycles. The van der Waals surface area contributed by atoms with E-state index in [2.05, 4.69) is 37.2 Å². The summed E-state index contributed by atoms with van der Waals surface area (Å²) in [5, 5.41) is 7.83. The molecule has 1 aromatic carbocycles. The first-order chi connectivity index (χ1) is 9.65. The van der Waals surface area contributed by atoms with E-state index in [4.69, 9.17) is 9.88 Å². The first-order valence-electron chi connectivity index (χ1n) is 6.09. The highest BCUT2D eigenvalue weighted by Crippen LogP contribution is 2.35. The number of nitrogens with two attached hydrogens (primary N) is 1. The highest BCUT2D eigenvalue weighted by molar-refractivity contribution is 9.11. The lowest BCUT2D eigenvalue weighted by molar-refractivity contribution is -0.123. The maximum atomic E-state index is 11.7. The van der Waals surface area contributed by atoms with Gasteiger partial charge in [0.1, 0.15) is 5.75 Å². The number of amides is 1. The van der Waals surface area contributed by atoms with E-state index in [-0.39, 0.29) is 23.5 Å². The minimum absolute atomic E-state index is 0.0577. The average molecular weight is 444 g/mol. The van der Waals surface area contributed by atoms with Gasteiger partial charge in [0.05, 0.1) is 13.8 Å². The number of hydrogen-bond acceptors (Lipinski definition) is 4. The second kappa shape index (κ2) is 7.57. The number of primary sulfonamides is 1. The molecule has 0 saturated carbocycles. The molecule has 0 aromatic heterocycles. The Bertz CT molecular complexity index is 611. The second-order valence-electron chi connectivity index (χ2n) is 4.43. The largest absolute Gasteiger partial charge is 0.481 e. The molecule has 21 heavy (non-hydrogen) atoms. The fourth-order valence-electron chi connectivity index (χ4n) is 1.40. The molecule has 0 bridgehead atoms. The summed E-state index contributed by atoms with van der Waals surface area (Å²) in [6.45, 7) is 3.69. The van der Waals surface area contributed by atoms with E-state index < -0.39 is 10.0 Å². The van der Waals surface area contributed by atoms with Gasteiger partial charge >= 0.3 is 0 Å². The topological polar surface area (TPSA) is 98.5 Å². The van der Waals surface area contributed by atoms with Gasteiger partial charge < -0.3 is 10.1 Å². The SMILES string of the molecule is CCC(C)NC(=O)COc1c(Br)cc(S(N)(=O)=O)cc1Br. The van der Waals surface area contributed by atoms with Gasteiger partial charge in [-0.1, -0.05) is 6.92 Å². The highest BCUT2D eigenvalue weighted by Gasteiger charge is 2.16. The van der Waals surface area contributed by atoms with Crippen molar-refractivity contribution in [3.05, 3.63) is 21.1 Å². The van der Waals surface area contributed by atoms with Crippen LogP contribution in [-0.2, 0) is 14.8 Å². The van der Waals surface area contributed by atoms with Crippen LogP contribution in [0.4, 0.5) is 0 Å². The van der Waals surface area contributed by atoms with Crippen molar-refractivity contribution >= 4 is 47.8 Å². The third-order valence-corrected chi connectivity index (χ3v) is 4.74. The van der Waals surface area contributed by atoms with Crippen molar-refractivity contribution in [3.8, 4) is 5.75 Å². The molecule has 0 aliphatic rings. The Hall–Kier alpha value is -0.640. The van der Waals surface area contributed by atoms with Gasteiger partial charge in [-0.25, -0.2) is 13.6 Å². The summed E-state index contributed by atoms with van der Waals surface area (Å²) in [5.74, 6) is 0.0837. The Kier molecular flexibility index (Phi) is 6.64. The average Bonchev–Trinajstić information content (AvgIpc) is 2.36. The van der Waals surface area contributed by atoms with Crippen molar-refractivity contribution in [2.45, 2.75) is 31.2 Å². The molecule has 0 saturated heterocycles. The molecule has 1 amide bonds. The van der Waals surface area contributed by atoms with Crippen LogP contribution in [0.15, 0.2) is 26.0 Å². The Morgan fingerprint density at radius 2 is 1.90 bits per heavy atom. The summed E-state index contributed by atoms with van der Waals surface area (Å²) in [7, 11) is -3.81. The van der Waals surface area contributed by atoms with Crippen LogP contribution in [0.25, 0.3) is 0 Å². The van der Waals surface area contributed by atoms with Gasteiger partial charge in [0.2, 0.25) is 10.0 Å². The van der Waals surface area contributed by atoms with E-state index in [1.807, 2.05) is 13.8 Å². The Labute approximate surface area is 140 Å². The van der Waals surface area contributed by atoms with Gasteiger partial charge in [-0.05, 0) is 57.3 Å². The molecule has 6 nitrogen and oxygen atoms in total. The lowest BCUT2D eigenvalue weighted by atomic mass is 10.2. The van der Waals surface area contributed by atoms with Crippen LogP contribution in [0, 0.1) is 0 Å². The molecule has 1 rings (SSSR count). The number of ether oxygens (including phenoxy) is 1. The predicted molar refractivity (Wildman–Crippen MR) is 86.6 cm³/mol. The molecular weight excluding hydrogens is 428 g/mol. The number of rotatable bonds is 6. The number of benzene rings is 1. The van der Waals surface area contributed by atoms with Crippen LogP contribution >= 0.6 is 31.9 Å². The van der Waals surface area contributed by atoms with E-state index in [1.54, 1.807) is 0 Å². The standard InChI is InChI=1S/C12H16Br2N2O4S/c1-3-7(2)16-11(17)6-20-12-9(13)4-8(5-10(12)14)21(15,18)19/h4-5,7H,3,6H2,1-2H3,(H,16,17)(H2,15,18,19). The number of nitrogens with one attached hydrogen (secondary N) is 1. The molecule has 0 fully saturated rings. The van der Waals surface area contributed by atoms with Crippen molar-refractivity contribution in [1.82, 2.24) is 5.32 Å². The fraction of sp³-hybridized carbons (Fsp3) is 0.417. The highest BCUT2D eigenvalue weighted by atomic mass is 79.9. The summed E-state index contributed by atoms with van der Waals surface area (Å²) in [4.78, 5) is 11.6. The van der Waals surface area contributed by atoms with Gasteiger partial charge in [-0.2, -0.15) is 0 Å². The summed E-state index contributed by atoms with van der Waals surface area (Å²) in [5.41, 5.74) is 0. The minimum Gasteiger partial charge on any atom is -0.481 e. The van der Waals surface area contributed by atoms with E-state index in [9.17, 15) is 13.2 Å². The van der Waals surface area contributed by atoms with Gasteiger partial charge in [0.25, 0.3) is 5.91 Å². The zero-order chi connectivity index (χ0) is 16.2. The van der Waals surface area contributed by atoms with Crippen molar-refractivity contribution in [1.29, 1.82) is 0 Å². The maximum absolute atomic E-state index is 11.7. The monoisotopic (exact) mass is 442 g/mol. The number of carbonyl (C=O) groups excluding carboxylic acids is 1. The van der Waals surface area contributed by atoms with E-state index >= 15 is 0 Å². The first-order valence-corrected chi connectivity index (χ1v) is 9.22. The van der Waals surface area contributed by atoms with Crippen molar-refractivity contribution in [3.63, 3.8) is 0 Å². The molecule has 9 heteroatoms. The molecule has 3 N–H and O–H groups in total. The summed E-state index contributed by atoms with van der Waals surface area (Å²) in [6, 6.07) is 2.71. The van der Waals surface area contributed by atoms with Gasteiger partial charge in [0.15, 0.2) is 6.61 Å². The lowest BCUT2D eigenvalue weighted by Gasteiger charge is -2.14. The number of hydrogen-bond donors (Lipinski definition) is 2. The Morgan fingerprint density at radius 3 is 2.33 bits per heavy atom. The van der Waals surface area contributed by atoms with Crippen LogP contribution in [0.5, 0.6) is 5.75 Å². The quantitative estimate of drug-likeness (QED) is 0.703. The van der Waals surface area contributed by atoms with E-state index in [0.717, 1.165) is 6.42 Å². The molecular formula is C12H16Br2N2O4S. The predicted octanol–water partition coefficient (Wildman–Crippen LogP) is 2.15. The number of sulfonamides is 1. The molecule has 0 heterocycles. The number of halogens is 2. The fourth-order valence-corrected chi connectivity index (χ4v) is 3.68. The minimum atomic E-state index is -3.81. The van der Waals surface area contributed by atoms with Crippen molar-refractivity contribution in [2.24, 2.45) is 5.14 Å². The third kappa shape index (κ3) is 5.57. The van der Waals surface area contributed by atoms with Crippen molar-refractivity contribution in [2.75, 3.05) is 6.61 Å².